The fourth-order valence-electron chi connectivity index (χ4n) is 0.495. The van der Waals surface area contributed by atoms with Gasteiger partial charge in [-0.2, -0.15) is 0 Å². The Kier molecular flexibility index (Phi) is 4.73. The van der Waals surface area contributed by atoms with Gasteiger partial charge in [-0.25, -0.2) is 0 Å². The maximum atomic E-state index is 3.64. The molecule has 0 spiro atoms. The van der Waals surface area contributed by atoms with Crippen molar-refractivity contribution in [3.63, 3.8) is 0 Å². The van der Waals surface area contributed by atoms with Crippen LogP contribution in [0.1, 0.15) is 26.7 Å². The van der Waals surface area contributed by atoms with Gasteiger partial charge in [0, 0.05) is 0 Å². The Morgan fingerprint density at radius 1 is 1.62 bits per heavy atom. The molecule has 0 aliphatic carbocycles. The molecule has 0 N–H and O–H groups in total. The SMILES string of the molecule is C=CC[CH]C(C)CC. The third kappa shape index (κ3) is 3.91. The molecule has 0 aromatic carbocycles. The van der Waals surface area contributed by atoms with Crippen LogP contribution >= 0.6 is 0 Å². The normalized spacial score (nSPS) is 13.2. The number of allylic oxidation sites excluding steroid dienone is 1. The summed E-state index contributed by atoms with van der Waals surface area (Å²) in [4.78, 5) is 0. The first kappa shape index (κ1) is 7.74. The summed E-state index contributed by atoms with van der Waals surface area (Å²) in [6.07, 6.45) is 6.52. The van der Waals surface area contributed by atoms with Crippen LogP contribution < -0.4 is 0 Å². The van der Waals surface area contributed by atoms with Crippen LogP contribution in [-0.2, 0) is 0 Å². The maximum Gasteiger partial charge on any atom is -0.0319 e. The van der Waals surface area contributed by atoms with Crippen molar-refractivity contribution in [2.75, 3.05) is 0 Å². The lowest BCUT2D eigenvalue weighted by Crippen LogP contribution is -1.90. The molecule has 1 radical (unpaired) electrons. The molecular formula is C8H15. The molecule has 0 heterocycles. The first-order valence-electron chi connectivity index (χ1n) is 3.25. The van der Waals surface area contributed by atoms with Crippen molar-refractivity contribution in [3.05, 3.63) is 19.1 Å². The molecule has 0 aliphatic rings. The van der Waals surface area contributed by atoms with Gasteiger partial charge in [-0.05, 0) is 18.8 Å². The molecule has 1 atom stereocenters. The molecule has 0 aromatic rings. The van der Waals surface area contributed by atoms with Gasteiger partial charge in [-0.1, -0.05) is 26.3 Å². The summed E-state index contributed by atoms with van der Waals surface area (Å²) >= 11 is 0. The zero-order chi connectivity index (χ0) is 6.41. The van der Waals surface area contributed by atoms with Gasteiger partial charge in [0.25, 0.3) is 0 Å². The third-order valence-corrected chi connectivity index (χ3v) is 1.35. The van der Waals surface area contributed by atoms with E-state index in [0.717, 1.165) is 12.3 Å². The maximum absolute atomic E-state index is 3.64. The Labute approximate surface area is 52.6 Å². The van der Waals surface area contributed by atoms with E-state index in [0.29, 0.717) is 0 Å². The summed E-state index contributed by atoms with van der Waals surface area (Å²) in [6.45, 7) is 8.06. The second-order valence-corrected chi connectivity index (χ2v) is 2.15. The molecule has 0 bridgehead atoms. The smallest absolute Gasteiger partial charge is 0.0319 e. The van der Waals surface area contributed by atoms with Gasteiger partial charge in [-0.3, -0.25) is 0 Å². The minimum absolute atomic E-state index is 0.757. The highest BCUT2D eigenvalue weighted by Crippen LogP contribution is 2.06. The zero-order valence-electron chi connectivity index (χ0n) is 5.85. The highest BCUT2D eigenvalue weighted by atomic mass is 14.0. The molecule has 0 saturated carbocycles. The van der Waals surface area contributed by atoms with E-state index in [1.54, 1.807) is 0 Å². The van der Waals surface area contributed by atoms with E-state index in [1.165, 1.54) is 6.42 Å². The van der Waals surface area contributed by atoms with Gasteiger partial charge >= 0.3 is 0 Å². The molecule has 0 saturated heterocycles. The van der Waals surface area contributed by atoms with Crippen molar-refractivity contribution >= 4 is 0 Å². The number of rotatable bonds is 4. The molecule has 0 aliphatic heterocycles. The first-order valence-corrected chi connectivity index (χ1v) is 3.25. The van der Waals surface area contributed by atoms with Crippen LogP contribution in [0.15, 0.2) is 12.7 Å². The molecule has 0 rings (SSSR count). The Morgan fingerprint density at radius 3 is 2.62 bits per heavy atom. The molecule has 8 heavy (non-hydrogen) atoms. The highest BCUT2D eigenvalue weighted by molar-refractivity contribution is 4.80. The first-order chi connectivity index (χ1) is 3.81. The Balaban J connectivity index is 2.97. The van der Waals surface area contributed by atoms with Crippen LogP contribution in [0.3, 0.4) is 0 Å². The van der Waals surface area contributed by atoms with Crippen LogP contribution in [0.2, 0.25) is 0 Å². The van der Waals surface area contributed by atoms with Gasteiger partial charge in [-0.15, -0.1) is 6.58 Å². The van der Waals surface area contributed by atoms with Crippen molar-refractivity contribution in [1.29, 1.82) is 0 Å². The predicted octanol–water partition coefficient (Wildman–Crippen LogP) is 2.81. The Morgan fingerprint density at radius 2 is 2.25 bits per heavy atom. The second-order valence-electron chi connectivity index (χ2n) is 2.15. The lowest BCUT2D eigenvalue weighted by molar-refractivity contribution is 0.635. The monoisotopic (exact) mass is 111 g/mol. The average Bonchev–Trinajstić information content (AvgIpc) is 1.83. The van der Waals surface area contributed by atoms with E-state index >= 15 is 0 Å². The van der Waals surface area contributed by atoms with Crippen LogP contribution in [0.5, 0.6) is 0 Å². The van der Waals surface area contributed by atoms with Crippen molar-refractivity contribution in [2.24, 2.45) is 5.92 Å². The largest absolute Gasteiger partial charge is 0.103 e. The number of hydrogen-bond acceptors (Lipinski definition) is 0. The zero-order valence-corrected chi connectivity index (χ0v) is 5.85. The standard InChI is InChI=1S/C8H15/c1-4-6-7-8(3)5-2/h4,7-8H,1,5-6H2,2-3H3. The van der Waals surface area contributed by atoms with Crippen LogP contribution in [0, 0.1) is 12.3 Å². The topological polar surface area (TPSA) is 0 Å². The second kappa shape index (κ2) is 4.89. The lowest BCUT2D eigenvalue weighted by atomic mass is 10.0. The Hall–Kier alpha value is -0.260. The fraction of sp³-hybridized carbons (Fsp3) is 0.625. The molecule has 0 nitrogen and oxygen atoms in total. The molecule has 1 unspecified atom stereocenters. The van der Waals surface area contributed by atoms with E-state index in [9.17, 15) is 0 Å². The van der Waals surface area contributed by atoms with E-state index in [1.807, 2.05) is 6.08 Å². The summed E-state index contributed by atoms with van der Waals surface area (Å²) in [6, 6.07) is 0. The summed E-state index contributed by atoms with van der Waals surface area (Å²) in [5.41, 5.74) is 0. The Bertz CT molecular complexity index is 55.1. The van der Waals surface area contributed by atoms with Crippen LogP contribution in [-0.4, -0.2) is 0 Å². The minimum atomic E-state index is 0.757. The van der Waals surface area contributed by atoms with E-state index in [4.69, 9.17) is 0 Å². The molecule has 0 fully saturated rings. The van der Waals surface area contributed by atoms with Gasteiger partial charge < -0.3 is 0 Å². The van der Waals surface area contributed by atoms with Gasteiger partial charge in [0.15, 0.2) is 0 Å². The third-order valence-electron chi connectivity index (χ3n) is 1.35. The van der Waals surface area contributed by atoms with Crippen molar-refractivity contribution in [2.45, 2.75) is 26.7 Å². The molecule has 0 amide bonds. The molecule has 0 aromatic heterocycles. The minimum Gasteiger partial charge on any atom is -0.103 e. The summed E-state index contributed by atoms with van der Waals surface area (Å²) in [5, 5.41) is 0. The molecule has 47 valence electrons. The predicted molar refractivity (Wildman–Crippen MR) is 38.6 cm³/mol. The number of hydrogen-bond donors (Lipinski definition) is 0. The van der Waals surface area contributed by atoms with Gasteiger partial charge in [0.2, 0.25) is 0 Å². The van der Waals surface area contributed by atoms with Crippen molar-refractivity contribution < 1.29 is 0 Å². The van der Waals surface area contributed by atoms with Gasteiger partial charge in [0.1, 0.15) is 0 Å². The van der Waals surface area contributed by atoms with E-state index < -0.39 is 0 Å². The summed E-state index contributed by atoms with van der Waals surface area (Å²) < 4.78 is 0. The summed E-state index contributed by atoms with van der Waals surface area (Å²) in [7, 11) is 0. The van der Waals surface area contributed by atoms with E-state index in [2.05, 4.69) is 26.8 Å². The average molecular weight is 111 g/mol. The van der Waals surface area contributed by atoms with Crippen molar-refractivity contribution in [1.82, 2.24) is 0 Å². The van der Waals surface area contributed by atoms with Crippen LogP contribution in [0.25, 0.3) is 0 Å². The van der Waals surface area contributed by atoms with E-state index in [-0.39, 0.29) is 0 Å². The van der Waals surface area contributed by atoms with Crippen molar-refractivity contribution in [3.8, 4) is 0 Å². The lowest BCUT2D eigenvalue weighted by Gasteiger charge is -2.02. The molecular weight excluding hydrogens is 96.1 g/mol. The van der Waals surface area contributed by atoms with Gasteiger partial charge in [0.05, 0.1) is 0 Å². The molecule has 0 heteroatoms. The highest BCUT2D eigenvalue weighted by Gasteiger charge is 1.94. The summed E-state index contributed by atoms with van der Waals surface area (Å²) in [5.74, 6) is 0.757. The fourth-order valence-corrected chi connectivity index (χ4v) is 0.495. The van der Waals surface area contributed by atoms with Crippen LogP contribution in [0.4, 0.5) is 0 Å². The quantitative estimate of drug-likeness (QED) is 0.489.